The Kier molecular flexibility index (Phi) is 35.0. The van der Waals surface area contributed by atoms with Crippen LogP contribution in [0.3, 0.4) is 0 Å². The third-order valence-electron chi connectivity index (χ3n) is 8.05. The number of carboxylic acid groups (broad SMARTS) is 1. The van der Waals surface area contributed by atoms with Crippen LogP contribution in [0.15, 0.2) is 24.5 Å². The number of nitrogens with zero attached hydrogens (tertiary/aromatic N) is 2. The van der Waals surface area contributed by atoms with Crippen molar-refractivity contribution in [3.05, 3.63) is 30.1 Å². The number of rotatable bonds is 41. The molecule has 0 spiro atoms. The van der Waals surface area contributed by atoms with Crippen molar-refractivity contribution < 1.29 is 76.3 Å². The lowest BCUT2D eigenvalue weighted by Gasteiger charge is -2.24. The van der Waals surface area contributed by atoms with Gasteiger partial charge in [-0.3, -0.25) is 19.4 Å². The third-order valence-corrected chi connectivity index (χ3v) is 8.05. The molecule has 336 valence electrons. The molecule has 0 aliphatic carbocycles. The van der Waals surface area contributed by atoms with E-state index in [0.717, 1.165) is 5.56 Å². The van der Waals surface area contributed by atoms with E-state index in [4.69, 9.17) is 61.9 Å². The number of hydrogen-bond acceptors (Lipinski definition) is 17. The maximum Gasteiger partial charge on any atom is 0.305 e. The van der Waals surface area contributed by atoms with Gasteiger partial charge in [0.05, 0.1) is 177 Å². The minimum absolute atomic E-state index is 0. The zero-order valence-electron chi connectivity index (χ0n) is 34.2. The van der Waals surface area contributed by atoms with Crippen LogP contribution in [0.25, 0.3) is 0 Å². The van der Waals surface area contributed by atoms with Gasteiger partial charge in [-0.1, -0.05) is 6.07 Å². The topological polar surface area (TPSA) is 245 Å². The first kappa shape index (κ1) is 53.1. The van der Waals surface area contributed by atoms with Gasteiger partial charge >= 0.3 is 5.97 Å². The summed E-state index contributed by atoms with van der Waals surface area (Å²) in [6.45, 7) is 10.8. The van der Waals surface area contributed by atoms with Crippen LogP contribution < -0.4 is 11.5 Å². The molecule has 20 nitrogen and oxygen atoms in total. The van der Waals surface area contributed by atoms with E-state index in [2.05, 4.69) is 10.3 Å². The number of carboxylic acids is 1. The Bertz CT molecular complexity index is 1130. The average molecular weight is 837 g/mol. The number of amides is 2. The van der Waals surface area contributed by atoms with Crippen molar-refractivity contribution in [3.8, 4) is 0 Å². The van der Waals surface area contributed by atoms with Crippen LogP contribution in [0.4, 0.5) is 0 Å². The average Bonchev–Trinajstić information content (AvgIpc) is 3.51. The Morgan fingerprint density at radius 1 is 0.621 bits per heavy atom. The Morgan fingerprint density at radius 2 is 0.966 bits per heavy atom. The molecule has 5 N–H and O–H groups in total. The quantitative estimate of drug-likeness (QED) is 0.0763. The summed E-state index contributed by atoms with van der Waals surface area (Å²) >= 11 is 0. The number of likely N-dealkylation sites (tertiary alicyclic amines) is 1. The second-order valence-electron chi connectivity index (χ2n) is 12.3. The first-order valence-electron chi connectivity index (χ1n) is 19.6. The van der Waals surface area contributed by atoms with Gasteiger partial charge in [0.2, 0.25) is 11.8 Å². The molecular weight excluding hydrogens is 768 g/mol. The van der Waals surface area contributed by atoms with E-state index in [1.165, 1.54) is 0 Å². The van der Waals surface area contributed by atoms with Crippen LogP contribution in [-0.2, 0) is 71.2 Å². The number of aromatic nitrogens is 1. The molecule has 0 bridgehead atoms. The maximum absolute atomic E-state index is 12.8. The van der Waals surface area contributed by atoms with Gasteiger partial charge in [0, 0.05) is 32.4 Å². The molecule has 0 unspecified atom stereocenters. The second-order valence-corrected chi connectivity index (χ2v) is 12.3. The van der Waals surface area contributed by atoms with Crippen LogP contribution in [0, 0.1) is 5.92 Å². The fraction of sp³-hybridized carbons (Fsp3) is 0.789. The van der Waals surface area contributed by atoms with Crippen molar-refractivity contribution in [1.82, 2.24) is 21.4 Å². The van der Waals surface area contributed by atoms with E-state index in [9.17, 15) is 14.4 Å². The summed E-state index contributed by atoms with van der Waals surface area (Å²) in [6.07, 6.45) is 3.52. The largest absolute Gasteiger partial charge is 0.481 e. The molecule has 20 heteroatoms. The van der Waals surface area contributed by atoms with Crippen LogP contribution in [0.1, 0.15) is 24.4 Å². The monoisotopic (exact) mass is 836 g/mol. The lowest BCUT2D eigenvalue weighted by atomic mass is 9.94. The van der Waals surface area contributed by atoms with Gasteiger partial charge in [-0.15, -0.1) is 0 Å². The zero-order chi connectivity index (χ0) is 40.9. The highest BCUT2D eigenvalue weighted by Gasteiger charge is 2.42. The van der Waals surface area contributed by atoms with Crippen LogP contribution in [-0.4, -0.2) is 205 Å². The van der Waals surface area contributed by atoms with E-state index in [1.807, 2.05) is 6.07 Å². The smallest absolute Gasteiger partial charge is 0.305 e. The van der Waals surface area contributed by atoms with E-state index >= 15 is 0 Å². The number of carbonyl (C=O) groups excluding carboxylic acids is 2. The van der Waals surface area contributed by atoms with Crippen molar-refractivity contribution in [1.29, 1.82) is 0 Å². The van der Waals surface area contributed by atoms with Gasteiger partial charge in [-0.25, -0.2) is 0 Å². The summed E-state index contributed by atoms with van der Waals surface area (Å²) in [4.78, 5) is 41.1. The summed E-state index contributed by atoms with van der Waals surface area (Å²) in [6, 6.07) is 3.36. The Morgan fingerprint density at radius 3 is 1.29 bits per heavy atom. The summed E-state index contributed by atoms with van der Waals surface area (Å²) in [5.41, 5.74) is 0.843. The number of carbonyl (C=O) groups is 3. The number of aliphatic carboxylic acids is 1. The van der Waals surface area contributed by atoms with Crippen LogP contribution in [0.5, 0.6) is 0 Å². The van der Waals surface area contributed by atoms with Gasteiger partial charge < -0.3 is 78.3 Å². The highest BCUT2D eigenvalue weighted by Crippen LogP contribution is 2.36. The molecule has 0 aromatic carbocycles. The van der Waals surface area contributed by atoms with Gasteiger partial charge in [-0.05, 0) is 11.6 Å². The van der Waals surface area contributed by atoms with Gasteiger partial charge in [0.1, 0.15) is 0 Å². The number of nitrogens with one attached hydrogen (secondary N) is 1. The lowest BCUT2D eigenvalue weighted by molar-refractivity contribution is -0.138. The third kappa shape index (κ3) is 28.5. The van der Waals surface area contributed by atoms with Gasteiger partial charge in [0.15, 0.2) is 0 Å². The van der Waals surface area contributed by atoms with Crippen LogP contribution in [0.2, 0.25) is 0 Å². The van der Waals surface area contributed by atoms with E-state index in [1.54, 1.807) is 30.4 Å². The van der Waals surface area contributed by atoms with Crippen LogP contribution >= 0.6 is 0 Å². The summed E-state index contributed by atoms with van der Waals surface area (Å²) in [5, 5.41) is 11.4. The molecule has 0 radical (unpaired) electrons. The summed E-state index contributed by atoms with van der Waals surface area (Å²) in [7, 11) is 1.71. The molecule has 2 heterocycles. The van der Waals surface area contributed by atoms with Gasteiger partial charge in [-0.2, -0.15) is 0 Å². The second kappa shape index (κ2) is 38.3. The first-order chi connectivity index (χ1) is 28.0. The molecule has 1 aromatic rings. The van der Waals surface area contributed by atoms with E-state index < -0.39 is 11.9 Å². The van der Waals surface area contributed by atoms with Crippen molar-refractivity contribution in [2.24, 2.45) is 5.92 Å². The normalized spacial score (nSPS) is 15.2. The molecule has 2 atom stereocenters. The van der Waals surface area contributed by atoms with Crippen molar-refractivity contribution >= 4 is 17.8 Å². The summed E-state index contributed by atoms with van der Waals surface area (Å²) < 4.78 is 65.2. The highest BCUT2D eigenvalue weighted by atomic mass is 16.6. The first-order valence-corrected chi connectivity index (χ1v) is 19.6. The standard InChI is InChI=1S/C38H65N3O16.H3N/c1-41-35(42)31-34(37(41)33-3-2-5-39-32-33)38(45)40-6-8-47-10-12-49-14-16-51-18-20-53-22-24-55-26-28-57-30-29-56-27-25-54-23-21-52-19-17-50-15-13-48-11-9-46-7-4-36(43)44;/h2-3,5,32,34,37H,4,6-31H2,1H3,(H,40,45)(H,43,44);1H3/t34-,37+;/m0./s1. The molecule has 1 aliphatic heterocycles. The maximum atomic E-state index is 12.8. The number of ether oxygens (including phenoxy) is 12. The molecule has 1 fully saturated rings. The van der Waals surface area contributed by atoms with Crippen molar-refractivity contribution in [2.75, 3.05) is 172 Å². The summed E-state index contributed by atoms with van der Waals surface area (Å²) in [5.74, 6) is -1.58. The SMILES string of the molecule is CN1C(=O)C[C@H](C(=O)NCCOCCOCCOCCOCCOCCOCCOCCOCCOCCOCCOCCOCCC(=O)O)[C@H]1c1cccnc1.N. The minimum Gasteiger partial charge on any atom is -0.481 e. The zero-order valence-corrected chi connectivity index (χ0v) is 34.2. The highest BCUT2D eigenvalue weighted by molar-refractivity contribution is 5.90. The fourth-order valence-corrected chi connectivity index (χ4v) is 5.17. The number of pyridine rings is 1. The van der Waals surface area contributed by atoms with E-state index in [0.29, 0.717) is 159 Å². The molecule has 58 heavy (non-hydrogen) atoms. The molecule has 1 aromatic heterocycles. The molecule has 1 saturated heterocycles. The molecule has 0 saturated carbocycles. The molecule has 2 amide bonds. The Balaban J connectivity index is 0.0000168. The lowest BCUT2D eigenvalue weighted by Crippen LogP contribution is -2.36. The van der Waals surface area contributed by atoms with Crippen molar-refractivity contribution in [3.63, 3.8) is 0 Å². The Hall–Kier alpha value is -2.96. The fourth-order valence-electron chi connectivity index (χ4n) is 5.17. The molecule has 2 rings (SSSR count). The predicted octanol–water partition coefficient (Wildman–Crippen LogP) is 0.553. The van der Waals surface area contributed by atoms with Crippen molar-refractivity contribution in [2.45, 2.75) is 18.9 Å². The molecular formula is C38H68N4O16. The molecule has 1 aliphatic rings. The van der Waals surface area contributed by atoms with Gasteiger partial charge in [0.25, 0.3) is 0 Å². The van der Waals surface area contributed by atoms with E-state index in [-0.39, 0.29) is 43.5 Å². The number of hydrogen-bond donors (Lipinski definition) is 3. The predicted molar refractivity (Wildman–Crippen MR) is 208 cm³/mol. The minimum atomic E-state index is -0.880. The Labute approximate surface area is 342 Å².